The number of hydrogen-bond donors (Lipinski definition) is 0. The van der Waals surface area contributed by atoms with Gasteiger partial charge in [-0.25, -0.2) is 0 Å². The Morgan fingerprint density at radius 1 is 1.75 bits per heavy atom. The van der Waals surface area contributed by atoms with Crippen LogP contribution >= 0.6 is 0 Å². The van der Waals surface area contributed by atoms with E-state index >= 15 is 0 Å². The quantitative estimate of drug-likeness (QED) is 0.499. The Bertz CT molecular complexity index is 13.5. The largest absolute Gasteiger partial charge is 1.00 e. The molecule has 0 aliphatic rings. The van der Waals surface area contributed by atoms with Crippen molar-refractivity contribution >= 4 is 24.4 Å². The van der Waals surface area contributed by atoms with E-state index in [2.05, 4.69) is 13.8 Å². The molecule has 0 atom stereocenters. The van der Waals surface area contributed by atoms with Gasteiger partial charge in [-0.3, -0.25) is 0 Å². The second-order valence-electron chi connectivity index (χ2n) is 1.24. The van der Waals surface area contributed by atoms with Crippen LogP contribution in [-0.4, -0.2) is 24.4 Å². The Morgan fingerprint density at radius 2 is 1.75 bits per heavy atom. The topological polar surface area (TPSA) is 0 Å². The van der Waals surface area contributed by atoms with Gasteiger partial charge in [-0.15, -0.1) is 0 Å². The maximum absolute atomic E-state index is 2.22. The first-order valence-electron chi connectivity index (χ1n) is 1.49. The standard InChI is InChI=1S/C3H7.In.2H/c1-3-2;;;/h3H,1-2H3;;;/q;+2;2*-1. The molecule has 0 saturated carbocycles. The summed E-state index contributed by atoms with van der Waals surface area (Å²) in [5.41, 5.74) is 0. The van der Waals surface area contributed by atoms with Crippen molar-refractivity contribution in [3.8, 4) is 0 Å². The predicted octanol–water partition coefficient (Wildman–Crippen LogP) is 1.21. The molecule has 0 aliphatic carbocycles. The van der Waals surface area contributed by atoms with Gasteiger partial charge in [0.2, 0.25) is 0 Å². The zero-order valence-electron chi connectivity index (χ0n) is 5.15. The van der Waals surface area contributed by atoms with Gasteiger partial charge in [0.25, 0.3) is 0 Å². The Kier molecular flexibility index (Phi) is 2.59. The van der Waals surface area contributed by atoms with Crippen molar-refractivity contribution in [2.75, 3.05) is 0 Å². The van der Waals surface area contributed by atoms with Crippen LogP contribution < -0.4 is 0 Å². The molecule has 1 heteroatoms. The summed E-state index contributed by atoms with van der Waals surface area (Å²) in [5.74, 6) is 0. The van der Waals surface area contributed by atoms with Crippen molar-refractivity contribution in [1.29, 1.82) is 0 Å². The van der Waals surface area contributed by atoms with E-state index in [0.29, 0.717) is 0 Å². The van der Waals surface area contributed by atoms with Crippen molar-refractivity contribution < 1.29 is 2.85 Å². The minimum Gasteiger partial charge on any atom is -1.00 e. The fourth-order valence-corrected chi connectivity index (χ4v) is 0. The van der Waals surface area contributed by atoms with Gasteiger partial charge in [0.1, 0.15) is 0 Å². The van der Waals surface area contributed by atoms with Crippen LogP contribution in [0, 0.1) is 0 Å². The minimum atomic E-state index is 0. The summed E-state index contributed by atoms with van der Waals surface area (Å²) in [5, 5.41) is 0. The van der Waals surface area contributed by atoms with Crippen LogP contribution in [0.2, 0.25) is 3.67 Å². The molecule has 0 aromatic heterocycles. The average Bonchev–Trinajstić information content (AvgIpc) is 0.811. The molecule has 24 valence electrons. The molecule has 0 heterocycles. The van der Waals surface area contributed by atoms with E-state index < -0.39 is 0 Å². The summed E-state index contributed by atoms with van der Waals surface area (Å²) in [6.07, 6.45) is 0. The van der Waals surface area contributed by atoms with Gasteiger partial charge in [0, 0.05) is 0 Å². The molecule has 0 fully saturated rings. The third kappa shape index (κ3) is 13.3. The number of rotatable bonds is 0. The maximum atomic E-state index is 2.22. The molecular formula is C3H9In. The smallest absolute Gasteiger partial charge is 1.00 e. The van der Waals surface area contributed by atoms with E-state index in [1.807, 2.05) is 0 Å². The first kappa shape index (κ1) is 4.87. The van der Waals surface area contributed by atoms with E-state index in [1.54, 1.807) is 0 Å². The van der Waals surface area contributed by atoms with Crippen LogP contribution in [-0.2, 0) is 0 Å². The molecule has 0 aromatic carbocycles. The van der Waals surface area contributed by atoms with Crippen LogP contribution in [0.3, 0.4) is 0 Å². The van der Waals surface area contributed by atoms with Crippen molar-refractivity contribution in [3.63, 3.8) is 0 Å². The first-order chi connectivity index (χ1) is 1.73. The summed E-state index contributed by atoms with van der Waals surface area (Å²) in [6.45, 7) is 4.45. The van der Waals surface area contributed by atoms with Gasteiger partial charge >= 0.3 is 41.9 Å². The van der Waals surface area contributed by atoms with Crippen LogP contribution in [0.15, 0.2) is 0 Å². The first-order valence-corrected chi connectivity index (χ1v) is 3.39. The van der Waals surface area contributed by atoms with Gasteiger partial charge in [-0.1, -0.05) is 0 Å². The number of hydrogen-bond acceptors (Lipinski definition) is 0. The van der Waals surface area contributed by atoms with Crippen LogP contribution in [0.4, 0.5) is 0 Å². The summed E-state index contributed by atoms with van der Waals surface area (Å²) in [4.78, 5) is 0. The molecule has 0 spiro atoms. The summed E-state index contributed by atoms with van der Waals surface area (Å²) < 4.78 is 0.963. The molecule has 0 saturated heterocycles. The van der Waals surface area contributed by atoms with E-state index in [4.69, 9.17) is 0 Å². The molecule has 0 bridgehead atoms. The summed E-state index contributed by atoms with van der Waals surface area (Å²) in [7, 11) is 0. The summed E-state index contributed by atoms with van der Waals surface area (Å²) >= 11 is 1.40. The minimum absolute atomic E-state index is 0. The van der Waals surface area contributed by atoms with Crippen molar-refractivity contribution in [2.45, 2.75) is 17.5 Å². The van der Waals surface area contributed by atoms with Crippen molar-refractivity contribution in [2.24, 2.45) is 0 Å². The second-order valence-corrected chi connectivity index (χ2v) is 5.05. The Labute approximate surface area is 45.1 Å². The third-order valence-electron chi connectivity index (χ3n) is 0. The van der Waals surface area contributed by atoms with E-state index in [-0.39, 0.29) is 2.85 Å². The fourth-order valence-electron chi connectivity index (χ4n) is 0. The average molecular weight is 160 g/mol. The molecule has 0 aliphatic heterocycles. The Balaban J connectivity index is -0.0000000450. The van der Waals surface area contributed by atoms with Crippen LogP contribution in [0.1, 0.15) is 16.7 Å². The molecule has 0 radical (unpaired) electrons. The molecule has 0 rings (SSSR count). The summed E-state index contributed by atoms with van der Waals surface area (Å²) in [6, 6.07) is 0. The van der Waals surface area contributed by atoms with E-state index in [1.165, 1.54) is 24.4 Å². The van der Waals surface area contributed by atoms with Crippen molar-refractivity contribution in [3.05, 3.63) is 0 Å². The van der Waals surface area contributed by atoms with Crippen LogP contribution in [0.5, 0.6) is 0 Å². The van der Waals surface area contributed by atoms with Gasteiger partial charge in [0.15, 0.2) is 0 Å². The Morgan fingerprint density at radius 3 is 1.75 bits per heavy atom. The monoisotopic (exact) mass is 160 g/mol. The Hall–Kier alpha value is 0.870. The van der Waals surface area contributed by atoms with Gasteiger partial charge in [-0.05, 0) is 0 Å². The zero-order valence-corrected chi connectivity index (χ0v) is 6.45. The molecule has 0 nitrogen and oxygen atoms in total. The predicted molar refractivity (Wildman–Crippen MR) is 23.1 cm³/mol. The molecule has 4 heavy (non-hydrogen) atoms. The molecule has 0 amide bonds. The second kappa shape index (κ2) is 2.13. The van der Waals surface area contributed by atoms with Crippen molar-refractivity contribution in [1.82, 2.24) is 0 Å². The SMILES string of the molecule is C[CH](C)[In+2].[H-].[H-]. The van der Waals surface area contributed by atoms with Crippen LogP contribution in [0.25, 0.3) is 0 Å². The van der Waals surface area contributed by atoms with Gasteiger partial charge < -0.3 is 2.85 Å². The molecule has 0 N–H and O–H groups in total. The molecular weight excluding hydrogens is 151 g/mol. The van der Waals surface area contributed by atoms with Gasteiger partial charge in [-0.2, -0.15) is 0 Å². The third-order valence-corrected chi connectivity index (χ3v) is 0. The maximum Gasteiger partial charge on any atom is -1.00 e. The van der Waals surface area contributed by atoms with E-state index in [0.717, 1.165) is 3.67 Å². The molecule has 0 aromatic rings. The fraction of sp³-hybridized carbons (Fsp3) is 1.00. The zero-order chi connectivity index (χ0) is 3.58. The van der Waals surface area contributed by atoms with Gasteiger partial charge in [0.05, 0.1) is 0 Å². The normalized spacial score (nSPS) is 9.25. The van der Waals surface area contributed by atoms with E-state index in [9.17, 15) is 0 Å². The molecule has 0 unspecified atom stereocenters.